The maximum atomic E-state index is 5.44. The fraction of sp³-hybridized carbons (Fsp3) is 0.625. The van der Waals surface area contributed by atoms with Crippen LogP contribution in [0, 0.1) is 11.3 Å². The molecule has 0 bridgehead atoms. The predicted molar refractivity (Wildman–Crippen MR) is 76.1 cm³/mol. The summed E-state index contributed by atoms with van der Waals surface area (Å²) in [5.74, 6) is 1.84. The number of para-hydroxylation sites is 1. The van der Waals surface area contributed by atoms with Crippen molar-refractivity contribution < 1.29 is 4.74 Å². The molecule has 1 aromatic rings. The molecule has 1 fully saturated rings. The molecule has 2 rings (SSSR count). The van der Waals surface area contributed by atoms with E-state index >= 15 is 0 Å². The smallest absolute Gasteiger partial charge is 0.122 e. The highest BCUT2D eigenvalue weighted by molar-refractivity contribution is 5.35. The van der Waals surface area contributed by atoms with Crippen LogP contribution in [0.15, 0.2) is 24.3 Å². The first-order valence-electron chi connectivity index (χ1n) is 6.90. The van der Waals surface area contributed by atoms with E-state index in [4.69, 9.17) is 4.74 Å². The molecule has 18 heavy (non-hydrogen) atoms. The minimum atomic E-state index is 0.455. The number of benzene rings is 1. The minimum Gasteiger partial charge on any atom is -0.496 e. The van der Waals surface area contributed by atoms with E-state index in [9.17, 15) is 0 Å². The molecule has 0 amide bonds. The van der Waals surface area contributed by atoms with Gasteiger partial charge in [-0.3, -0.25) is 0 Å². The summed E-state index contributed by atoms with van der Waals surface area (Å²) >= 11 is 0. The van der Waals surface area contributed by atoms with Crippen molar-refractivity contribution in [3.63, 3.8) is 0 Å². The van der Waals surface area contributed by atoms with Crippen LogP contribution in [0.1, 0.15) is 32.8 Å². The molecule has 100 valence electrons. The predicted octanol–water partition coefficient (Wildman–Crippen LogP) is 3.26. The topological polar surface area (TPSA) is 21.3 Å². The first-order valence-corrected chi connectivity index (χ1v) is 6.90. The molecule has 1 aliphatic rings. The van der Waals surface area contributed by atoms with E-state index in [0.29, 0.717) is 11.5 Å². The van der Waals surface area contributed by atoms with Crippen LogP contribution in [0.2, 0.25) is 0 Å². The third-order valence-electron chi connectivity index (χ3n) is 4.10. The first kappa shape index (κ1) is 13.4. The SMILES string of the molecule is COc1ccccc1CC1(C)CC1CNC(C)C. The monoisotopic (exact) mass is 247 g/mol. The number of methoxy groups -OCH3 is 1. The fourth-order valence-electron chi connectivity index (χ4n) is 2.70. The van der Waals surface area contributed by atoms with Crippen LogP contribution >= 0.6 is 0 Å². The van der Waals surface area contributed by atoms with Gasteiger partial charge in [0.25, 0.3) is 0 Å². The van der Waals surface area contributed by atoms with E-state index in [1.54, 1.807) is 7.11 Å². The summed E-state index contributed by atoms with van der Waals surface area (Å²) in [7, 11) is 1.76. The van der Waals surface area contributed by atoms with Crippen LogP contribution in [0.5, 0.6) is 5.75 Å². The zero-order valence-electron chi connectivity index (χ0n) is 12.0. The molecule has 1 aliphatic carbocycles. The summed E-state index contributed by atoms with van der Waals surface area (Å²) in [4.78, 5) is 0. The van der Waals surface area contributed by atoms with Crippen molar-refractivity contribution in [1.29, 1.82) is 0 Å². The van der Waals surface area contributed by atoms with Gasteiger partial charge in [0.15, 0.2) is 0 Å². The third kappa shape index (κ3) is 3.05. The molecule has 1 N–H and O–H groups in total. The van der Waals surface area contributed by atoms with Crippen LogP contribution in [-0.4, -0.2) is 19.7 Å². The Labute approximate surface area is 111 Å². The van der Waals surface area contributed by atoms with Crippen molar-refractivity contribution in [3.8, 4) is 5.75 Å². The second kappa shape index (κ2) is 5.31. The van der Waals surface area contributed by atoms with Crippen molar-refractivity contribution in [2.75, 3.05) is 13.7 Å². The maximum absolute atomic E-state index is 5.44. The van der Waals surface area contributed by atoms with E-state index in [1.165, 1.54) is 12.0 Å². The van der Waals surface area contributed by atoms with Crippen LogP contribution < -0.4 is 10.1 Å². The van der Waals surface area contributed by atoms with Crippen LogP contribution in [0.25, 0.3) is 0 Å². The fourth-order valence-corrected chi connectivity index (χ4v) is 2.70. The van der Waals surface area contributed by atoms with Gasteiger partial charge in [0.2, 0.25) is 0 Å². The quantitative estimate of drug-likeness (QED) is 0.833. The van der Waals surface area contributed by atoms with Gasteiger partial charge in [0, 0.05) is 6.04 Å². The lowest BCUT2D eigenvalue weighted by Crippen LogP contribution is -2.26. The summed E-state index contributed by atoms with van der Waals surface area (Å²) in [5.41, 5.74) is 1.80. The van der Waals surface area contributed by atoms with Crippen molar-refractivity contribution in [2.45, 2.75) is 39.7 Å². The van der Waals surface area contributed by atoms with Gasteiger partial charge >= 0.3 is 0 Å². The van der Waals surface area contributed by atoms with Crippen LogP contribution in [0.3, 0.4) is 0 Å². The Kier molecular flexibility index (Phi) is 3.96. The lowest BCUT2D eigenvalue weighted by atomic mass is 9.95. The molecule has 2 nitrogen and oxygen atoms in total. The largest absolute Gasteiger partial charge is 0.496 e. The molecule has 0 aliphatic heterocycles. The molecule has 1 aromatic carbocycles. The highest BCUT2D eigenvalue weighted by Gasteiger charge is 2.49. The van der Waals surface area contributed by atoms with Gasteiger partial charge in [0.05, 0.1) is 7.11 Å². The molecule has 0 heterocycles. The Morgan fingerprint density at radius 1 is 1.39 bits per heavy atom. The molecular formula is C16H25NO. The number of hydrogen-bond acceptors (Lipinski definition) is 2. The minimum absolute atomic E-state index is 0.455. The van der Waals surface area contributed by atoms with Gasteiger partial charge in [-0.15, -0.1) is 0 Å². The maximum Gasteiger partial charge on any atom is 0.122 e. The number of nitrogens with one attached hydrogen (secondary N) is 1. The Bertz CT molecular complexity index is 402. The van der Waals surface area contributed by atoms with Crippen LogP contribution in [0.4, 0.5) is 0 Å². The van der Waals surface area contributed by atoms with E-state index in [2.05, 4.69) is 44.3 Å². The number of hydrogen-bond donors (Lipinski definition) is 1. The van der Waals surface area contributed by atoms with E-state index in [1.807, 2.05) is 6.07 Å². The zero-order chi connectivity index (χ0) is 13.2. The van der Waals surface area contributed by atoms with Gasteiger partial charge in [-0.05, 0) is 42.3 Å². The summed E-state index contributed by atoms with van der Waals surface area (Å²) in [6.45, 7) is 7.95. The molecular weight excluding hydrogens is 222 g/mol. The Hall–Kier alpha value is -1.02. The summed E-state index contributed by atoms with van der Waals surface area (Å²) in [6, 6.07) is 8.97. The van der Waals surface area contributed by atoms with E-state index < -0.39 is 0 Å². The summed E-state index contributed by atoms with van der Waals surface area (Å²) in [6.07, 6.45) is 2.45. The first-order chi connectivity index (χ1) is 8.55. The number of rotatable bonds is 6. The summed E-state index contributed by atoms with van der Waals surface area (Å²) in [5, 5.41) is 3.55. The van der Waals surface area contributed by atoms with Crippen molar-refractivity contribution >= 4 is 0 Å². The molecule has 2 atom stereocenters. The van der Waals surface area contributed by atoms with Crippen molar-refractivity contribution in [3.05, 3.63) is 29.8 Å². The normalized spacial score (nSPS) is 26.4. The van der Waals surface area contributed by atoms with Gasteiger partial charge in [-0.1, -0.05) is 39.0 Å². The van der Waals surface area contributed by atoms with Crippen molar-refractivity contribution in [2.24, 2.45) is 11.3 Å². The average molecular weight is 247 g/mol. The second-order valence-corrected chi connectivity index (χ2v) is 6.11. The second-order valence-electron chi connectivity index (χ2n) is 6.11. The Morgan fingerprint density at radius 3 is 2.78 bits per heavy atom. The average Bonchev–Trinajstić information content (AvgIpc) is 2.98. The third-order valence-corrected chi connectivity index (χ3v) is 4.10. The van der Waals surface area contributed by atoms with Gasteiger partial charge < -0.3 is 10.1 Å². The highest BCUT2D eigenvalue weighted by Crippen LogP contribution is 2.54. The standard InChI is InChI=1S/C16H25NO/c1-12(2)17-11-14-10-16(14,3)9-13-7-5-6-8-15(13)18-4/h5-8,12,14,17H,9-11H2,1-4H3. The molecule has 0 aromatic heterocycles. The van der Waals surface area contributed by atoms with E-state index in [0.717, 1.165) is 24.6 Å². The zero-order valence-corrected chi connectivity index (χ0v) is 12.0. The number of ether oxygens (including phenoxy) is 1. The molecule has 1 saturated carbocycles. The van der Waals surface area contributed by atoms with E-state index in [-0.39, 0.29) is 0 Å². The van der Waals surface area contributed by atoms with Crippen LogP contribution in [-0.2, 0) is 6.42 Å². The van der Waals surface area contributed by atoms with Crippen molar-refractivity contribution in [1.82, 2.24) is 5.32 Å². The molecule has 2 heteroatoms. The lowest BCUT2D eigenvalue weighted by Gasteiger charge is -2.15. The lowest BCUT2D eigenvalue weighted by molar-refractivity contribution is 0.398. The van der Waals surface area contributed by atoms with Gasteiger partial charge in [-0.25, -0.2) is 0 Å². The molecule has 0 spiro atoms. The molecule has 0 saturated heterocycles. The summed E-state index contributed by atoms with van der Waals surface area (Å²) < 4.78 is 5.44. The Morgan fingerprint density at radius 2 is 2.11 bits per heavy atom. The van der Waals surface area contributed by atoms with Gasteiger partial charge in [-0.2, -0.15) is 0 Å². The highest BCUT2D eigenvalue weighted by atomic mass is 16.5. The van der Waals surface area contributed by atoms with Gasteiger partial charge in [0.1, 0.15) is 5.75 Å². The molecule has 2 unspecified atom stereocenters. The molecule has 0 radical (unpaired) electrons. The Balaban J connectivity index is 1.94.